The molecule has 0 bridgehead atoms. The second kappa shape index (κ2) is 12.2. The minimum Gasteiger partial charge on any atom is -0.507 e. The number of phenolic OH excluding ortho intramolecular Hbond substituents is 2. The third-order valence-electron chi connectivity index (χ3n) is 8.54. The van der Waals surface area contributed by atoms with Crippen LogP contribution in [0.3, 0.4) is 0 Å². The van der Waals surface area contributed by atoms with E-state index in [4.69, 9.17) is 0 Å². The average Bonchev–Trinajstić information content (AvgIpc) is 2.77. The number of hydrogen-bond acceptors (Lipinski definition) is 4. The van der Waals surface area contributed by atoms with Crippen LogP contribution in [0.25, 0.3) is 0 Å². The number of carbonyl (C=O) groups is 2. The zero-order chi connectivity index (χ0) is 33.5. The Bertz CT molecular complexity index is 1170. The second-order valence-corrected chi connectivity index (χ2v) is 16.7. The van der Waals surface area contributed by atoms with Gasteiger partial charge >= 0.3 is 11.9 Å². The van der Waals surface area contributed by atoms with Crippen molar-refractivity contribution in [3.63, 3.8) is 0 Å². The van der Waals surface area contributed by atoms with E-state index in [1.165, 1.54) is 0 Å². The molecule has 0 fully saturated rings. The lowest BCUT2D eigenvalue weighted by atomic mass is 9.63. The fourth-order valence-corrected chi connectivity index (χ4v) is 6.41. The van der Waals surface area contributed by atoms with Crippen molar-refractivity contribution in [2.24, 2.45) is 11.3 Å². The Kier molecular flexibility index (Phi) is 10.2. The van der Waals surface area contributed by atoms with Crippen molar-refractivity contribution >= 4 is 11.9 Å². The molecule has 2 rings (SSSR count). The molecule has 240 valence electrons. The van der Waals surface area contributed by atoms with Crippen molar-refractivity contribution < 1.29 is 30.0 Å². The Morgan fingerprint density at radius 3 is 1.02 bits per heavy atom. The van der Waals surface area contributed by atoms with Gasteiger partial charge in [0.05, 0.1) is 0 Å². The van der Waals surface area contributed by atoms with E-state index in [-0.39, 0.29) is 24.3 Å². The van der Waals surface area contributed by atoms with Crippen LogP contribution in [0.4, 0.5) is 0 Å². The van der Waals surface area contributed by atoms with Gasteiger partial charge in [0.25, 0.3) is 0 Å². The van der Waals surface area contributed by atoms with Gasteiger partial charge in [-0.1, -0.05) is 121 Å². The van der Waals surface area contributed by atoms with Gasteiger partial charge < -0.3 is 20.4 Å². The fraction of sp³-hybridized carbons (Fsp3) is 0.622. The molecule has 0 unspecified atom stereocenters. The molecule has 0 aromatic heterocycles. The molecule has 2 aromatic rings. The molecule has 0 aliphatic heterocycles. The second-order valence-electron chi connectivity index (χ2n) is 16.7. The first-order valence-corrected chi connectivity index (χ1v) is 15.5. The first-order chi connectivity index (χ1) is 19.3. The van der Waals surface area contributed by atoms with Gasteiger partial charge in [-0.25, -0.2) is 0 Å². The Morgan fingerprint density at radius 2 is 0.837 bits per heavy atom. The standard InChI is InChI=1S/C37H56O6/c1-14-15-37(28(31(40)41)32(42)43,20-22-16-24(33(2,3)4)29(38)25(17-22)34(5,6)7)21-23-18-26(35(8,9)10)30(39)27(19-23)36(11,12)13/h16-19,28,38-39H,14-15,20-21H2,1-13H3,(H,40,41)(H,42,43). The van der Waals surface area contributed by atoms with Crippen molar-refractivity contribution in [1.82, 2.24) is 0 Å². The van der Waals surface area contributed by atoms with E-state index in [9.17, 15) is 30.0 Å². The molecule has 4 N–H and O–H groups in total. The van der Waals surface area contributed by atoms with Gasteiger partial charge in [0, 0.05) is 5.41 Å². The van der Waals surface area contributed by atoms with Crippen molar-refractivity contribution in [1.29, 1.82) is 0 Å². The summed E-state index contributed by atoms with van der Waals surface area (Å²) in [6.07, 6.45) is 1.35. The minimum absolute atomic E-state index is 0.202. The van der Waals surface area contributed by atoms with E-state index in [1.807, 2.05) is 114 Å². The smallest absolute Gasteiger partial charge is 0.318 e. The largest absolute Gasteiger partial charge is 0.507 e. The lowest BCUT2D eigenvalue weighted by Gasteiger charge is -2.39. The van der Waals surface area contributed by atoms with Crippen molar-refractivity contribution in [3.8, 4) is 11.5 Å². The number of phenols is 2. The summed E-state index contributed by atoms with van der Waals surface area (Å²) in [4.78, 5) is 25.6. The summed E-state index contributed by atoms with van der Waals surface area (Å²) < 4.78 is 0. The SMILES string of the molecule is CCCC(Cc1cc(C(C)(C)C)c(O)c(C(C)(C)C)c1)(Cc1cc(C(C)(C)C)c(O)c(C(C)(C)C)c1)C(C(=O)O)C(=O)O. The Hall–Kier alpha value is -3.02. The maximum Gasteiger partial charge on any atom is 0.318 e. The Balaban J connectivity index is 3.01. The van der Waals surface area contributed by atoms with E-state index in [1.54, 1.807) is 0 Å². The molecule has 0 aliphatic carbocycles. The number of rotatable bonds is 9. The van der Waals surface area contributed by atoms with Gasteiger partial charge in [0.15, 0.2) is 5.92 Å². The van der Waals surface area contributed by atoms with Gasteiger partial charge in [-0.3, -0.25) is 9.59 Å². The molecule has 0 spiro atoms. The van der Waals surface area contributed by atoms with Crippen LogP contribution in [-0.2, 0) is 44.1 Å². The Labute approximate surface area is 259 Å². The van der Waals surface area contributed by atoms with Gasteiger partial charge in [0.1, 0.15) is 11.5 Å². The van der Waals surface area contributed by atoms with Crippen LogP contribution >= 0.6 is 0 Å². The highest BCUT2D eigenvalue weighted by molar-refractivity contribution is 5.94. The number of aromatic hydroxyl groups is 2. The van der Waals surface area contributed by atoms with Crippen molar-refractivity contribution in [3.05, 3.63) is 57.6 Å². The molecule has 0 saturated heterocycles. The zero-order valence-corrected chi connectivity index (χ0v) is 28.8. The van der Waals surface area contributed by atoms with Crippen molar-refractivity contribution in [2.45, 2.75) is 137 Å². The van der Waals surface area contributed by atoms with Gasteiger partial charge in [0.2, 0.25) is 0 Å². The van der Waals surface area contributed by atoms with E-state index in [2.05, 4.69) is 0 Å². The first-order valence-electron chi connectivity index (χ1n) is 15.5. The highest BCUT2D eigenvalue weighted by atomic mass is 16.4. The molecule has 0 amide bonds. The predicted octanol–water partition coefficient (Wildman–Crippen LogP) is 8.64. The lowest BCUT2D eigenvalue weighted by molar-refractivity contribution is -0.162. The topological polar surface area (TPSA) is 115 Å². The van der Waals surface area contributed by atoms with Crippen molar-refractivity contribution in [2.75, 3.05) is 0 Å². The van der Waals surface area contributed by atoms with Crippen LogP contribution < -0.4 is 0 Å². The molecule has 0 atom stereocenters. The van der Waals surface area contributed by atoms with E-state index in [0.717, 1.165) is 33.4 Å². The number of aliphatic carboxylic acids is 2. The van der Waals surface area contributed by atoms with E-state index < -0.39 is 44.9 Å². The number of benzene rings is 2. The number of carboxylic acids is 2. The van der Waals surface area contributed by atoms with Crippen LogP contribution in [0.2, 0.25) is 0 Å². The average molecular weight is 597 g/mol. The molecule has 0 heterocycles. The molecule has 2 aromatic carbocycles. The van der Waals surface area contributed by atoms with Crippen LogP contribution in [0.15, 0.2) is 24.3 Å². The van der Waals surface area contributed by atoms with Crippen LogP contribution in [0.5, 0.6) is 11.5 Å². The summed E-state index contributed by atoms with van der Waals surface area (Å²) in [5, 5.41) is 43.5. The minimum atomic E-state index is -1.66. The molecule has 0 radical (unpaired) electrons. The maximum atomic E-state index is 12.8. The summed E-state index contributed by atoms with van der Waals surface area (Å²) in [6, 6.07) is 7.70. The number of hydrogen-bond donors (Lipinski definition) is 4. The number of carboxylic acid groups (broad SMARTS) is 2. The third kappa shape index (κ3) is 8.13. The van der Waals surface area contributed by atoms with Gasteiger partial charge in [-0.2, -0.15) is 0 Å². The molecular weight excluding hydrogens is 540 g/mol. The highest BCUT2D eigenvalue weighted by Gasteiger charge is 2.48. The molecule has 0 saturated carbocycles. The lowest BCUT2D eigenvalue weighted by Crippen LogP contribution is -2.44. The molecular formula is C37H56O6. The van der Waals surface area contributed by atoms with Crippen LogP contribution in [0, 0.1) is 11.3 Å². The summed E-state index contributed by atoms with van der Waals surface area (Å²) in [7, 11) is 0. The predicted molar refractivity (Wildman–Crippen MR) is 175 cm³/mol. The van der Waals surface area contributed by atoms with Gasteiger partial charge in [-0.05, 0) is 74.3 Å². The first kappa shape index (κ1) is 36.2. The van der Waals surface area contributed by atoms with E-state index >= 15 is 0 Å². The summed E-state index contributed by atoms with van der Waals surface area (Å²) in [6.45, 7) is 26.2. The molecule has 0 aliphatic rings. The highest BCUT2D eigenvalue weighted by Crippen LogP contribution is 2.47. The monoisotopic (exact) mass is 596 g/mol. The van der Waals surface area contributed by atoms with Crippen LogP contribution in [0.1, 0.15) is 136 Å². The quantitative estimate of drug-likeness (QED) is 0.215. The molecule has 6 heteroatoms. The fourth-order valence-electron chi connectivity index (χ4n) is 6.41. The van der Waals surface area contributed by atoms with E-state index in [0.29, 0.717) is 12.8 Å². The maximum absolute atomic E-state index is 12.8. The molecule has 6 nitrogen and oxygen atoms in total. The third-order valence-corrected chi connectivity index (χ3v) is 8.54. The normalized spacial score (nSPS) is 13.4. The summed E-state index contributed by atoms with van der Waals surface area (Å²) in [5.74, 6) is -3.94. The summed E-state index contributed by atoms with van der Waals surface area (Å²) in [5.41, 5.74) is 1.83. The Morgan fingerprint density at radius 1 is 0.581 bits per heavy atom. The molecule has 43 heavy (non-hydrogen) atoms. The van der Waals surface area contributed by atoms with Gasteiger partial charge in [-0.15, -0.1) is 0 Å². The summed E-state index contributed by atoms with van der Waals surface area (Å²) >= 11 is 0. The van der Waals surface area contributed by atoms with Crippen LogP contribution in [-0.4, -0.2) is 32.4 Å². The zero-order valence-electron chi connectivity index (χ0n) is 28.8.